The van der Waals surface area contributed by atoms with E-state index in [4.69, 9.17) is 10.8 Å². The number of phenols is 2. The Labute approximate surface area is 99.4 Å². The number of rotatable bonds is 5. The van der Waals surface area contributed by atoms with Crippen molar-refractivity contribution in [1.29, 1.82) is 0 Å². The lowest BCUT2D eigenvalue weighted by Gasteiger charge is -2.11. The van der Waals surface area contributed by atoms with E-state index in [0.717, 1.165) is 0 Å². The van der Waals surface area contributed by atoms with Crippen LogP contribution in [0.25, 0.3) is 0 Å². The first-order valence-corrected chi connectivity index (χ1v) is 5.33. The Balaban J connectivity index is 2.43. The summed E-state index contributed by atoms with van der Waals surface area (Å²) in [6.07, 6.45) is 0.554. The van der Waals surface area contributed by atoms with Crippen molar-refractivity contribution in [1.82, 2.24) is 10.9 Å². The third-order valence-corrected chi connectivity index (χ3v) is 2.34. The molecule has 1 aromatic rings. The maximum Gasteiger partial charge on any atom is 0.250 e. The van der Waals surface area contributed by atoms with Gasteiger partial charge in [0.25, 0.3) is 5.91 Å². The van der Waals surface area contributed by atoms with E-state index in [1.807, 2.05) is 6.92 Å². The lowest BCUT2D eigenvalue weighted by atomic mass is 10.2. The SMILES string of the molecule is CCC(N)C(=O)NNCc1ccc(O)cc1O. The summed E-state index contributed by atoms with van der Waals surface area (Å²) in [5.41, 5.74) is 11.2. The number of benzene rings is 1. The first-order valence-electron chi connectivity index (χ1n) is 5.33. The number of carbonyl (C=O) groups excluding carboxylic acids is 1. The van der Waals surface area contributed by atoms with Gasteiger partial charge in [-0.2, -0.15) is 0 Å². The van der Waals surface area contributed by atoms with Gasteiger partial charge >= 0.3 is 0 Å². The molecule has 1 aromatic carbocycles. The van der Waals surface area contributed by atoms with Gasteiger partial charge in [-0.05, 0) is 12.5 Å². The van der Waals surface area contributed by atoms with Crippen molar-refractivity contribution >= 4 is 5.91 Å². The van der Waals surface area contributed by atoms with Gasteiger partial charge in [-0.1, -0.05) is 13.0 Å². The fourth-order valence-corrected chi connectivity index (χ4v) is 1.21. The number of carbonyl (C=O) groups is 1. The average Bonchev–Trinajstić information content (AvgIpc) is 2.30. The van der Waals surface area contributed by atoms with Crippen molar-refractivity contribution < 1.29 is 15.0 Å². The smallest absolute Gasteiger partial charge is 0.250 e. The molecule has 1 amide bonds. The van der Waals surface area contributed by atoms with Gasteiger partial charge in [0.1, 0.15) is 11.5 Å². The minimum absolute atomic E-state index is 0.0108. The topological polar surface area (TPSA) is 108 Å². The number of hydrogen-bond donors (Lipinski definition) is 5. The van der Waals surface area contributed by atoms with Gasteiger partial charge in [-0.15, -0.1) is 0 Å². The maximum absolute atomic E-state index is 11.3. The Morgan fingerprint density at radius 2 is 2.18 bits per heavy atom. The second kappa shape index (κ2) is 6.07. The Morgan fingerprint density at radius 3 is 2.76 bits per heavy atom. The molecule has 94 valence electrons. The molecule has 0 saturated carbocycles. The highest BCUT2D eigenvalue weighted by Gasteiger charge is 2.10. The summed E-state index contributed by atoms with van der Waals surface area (Å²) in [5.74, 6) is -0.347. The minimum atomic E-state index is -0.545. The second-order valence-electron chi connectivity index (χ2n) is 3.67. The molecule has 0 aliphatic carbocycles. The molecule has 0 fully saturated rings. The first-order chi connectivity index (χ1) is 8.04. The zero-order valence-electron chi connectivity index (χ0n) is 9.60. The molecule has 0 bridgehead atoms. The molecule has 0 aliphatic rings. The standard InChI is InChI=1S/C11H17N3O3/c1-2-9(12)11(17)14-13-6-7-3-4-8(15)5-10(7)16/h3-5,9,13,15-16H,2,6,12H2,1H3,(H,14,17). The largest absolute Gasteiger partial charge is 0.508 e. The van der Waals surface area contributed by atoms with E-state index >= 15 is 0 Å². The Bertz CT molecular complexity index is 396. The van der Waals surface area contributed by atoms with E-state index < -0.39 is 6.04 Å². The van der Waals surface area contributed by atoms with Crippen LogP contribution < -0.4 is 16.6 Å². The summed E-state index contributed by atoms with van der Waals surface area (Å²) in [7, 11) is 0. The van der Waals surface area contributed by atoms with Gasteiger partial charge < -0.3 is 15.9 Å². The van der Waals surface area contributed by atoms with Crippen LogP contribution in [-0.4, -0.2) is 22.2 Å². The number of phenolic OH excluding ortho intramolecular Hbond substituents is 2. The number of aromatic hydroxyl groups is 2. The molecule has 1 rings (SSSR count). The number of hydrogen-bond acceptors (Lipinski definition) is 5. The molecule has 0 saturated heterocycles. The molecular weight excluding hydrogens is 222 g/mol. The van der Waals surface area contributed by atoms with Crippen LogP contribution in [0.4, 0.5) is 0 Å². The molecular formula is C11H17N3O3. The fraction of sp³-hybridized carbons (Fsp3) is 0.364. The molecule has 17 heavy (non-hydrogen) atoms. The fourth-order valence-electron chi connectivity index (χ4n) is 1.21. The molecule has 0 aliphatic heterocycles. The molecule has 0 aromatic heterocycles. The van der Waals surface area contributed by atoms with Crippen molar-refractivity contribution in [3.63, 3.8) is 0 Å². The van der Waals surface area contributed by atoms with Gasteiger partial charge in [0.15, 0.2) is 0 Å². The summed E-state index contributed by atoms with van der Waals surface area (Å²) in [4.78, 5) is 11.3. The Kier molecular flexibility index (Phi) is 4.74. The predicted molar refractivity (Wildman–Crippen MR) is 63.0 cm³/mol. The van der Waals surface area contributed by atoms with Gasteiger partial charge in [-0.3, -0.25) is 10.2 Å². The zero-order chi connectivity index (χ0) is 12.8. The van der Waals surface area contributed by atoms with Crippen molar-refractivity contribution in [3.05, 3.63) is 23.8 Å². The summed E-state index contributed by atoms with van der Waals surface area (Å²) in [6, 6.07) is 3.70. The van der Waals surface area contributed by atoms with Crippen LogP contribution in [0.1, 0.15) is 18.9 Å². The molecule has 6 nitrogen and oxygen atoms in total. The third-order valence-electron chi connectivity index (χ3n) is 2.34. The molecule has 6 heteroatoms. The molecule has 1 atom stereocenters. The molecule has 0 spiro atoms. The zero-order valence-corrected chi connectivity index (χ0v) is 9.60. The predicted octanol–water partition coefficient (Wildman–Crippen LogP) is -0.0441. The van der Waals surface area contributed by atoms with E-state index in [0.29, 0.717) is 12.0 Å². The van der Waals surface area contributed by atoms with Gasteiger partial charge in [0, 0.05) is 18.2 Å². The Hall–Kier alpha value is -1.79. The maximum atomic E-state index is 11.3. The number of nitrogens with two attached hydrogens (primary N) is 1. The van der Waals surface area contributed by atoms with E-state index in [1.165, 1.54) is 12.1 Å². The van der Waals surface area contributed by atoms with Crippen molar-refractivity contribution in [2.75, 3.05) is 0 Å². The molecule has 0 heterocycles. The van der Waals surface area contributed by atoms with Crippen LogP contribution in [0.5, 0.6) is 11.5 Å². The van der Waals surface area contributed by atoms with E-state index in [-0.39, 0.29) is 24.0 Å². The number of amides is 1. The van der Waals surface area contributed by atoms with Crippen molar-refractivity contribution in [2.24, 2.45) is 5.73 Å². The quantitative estimate of drug-likeness (QED) is 0.463. The molecule has 0 radical (unpaired) electrons. The van der Waals surface area contributed by atoms with E-state index in [1.54, 1.807) is 6.07 Å². The minimum Gasteiger partial charge on any atom is -0.508 e. The van der Waals surface area contributed by atoms with Gasteiger partial charge in [0.2, 0.25) is 0 Å². The summed E-state index contributed by atoms with van der Waals surface area (Å²) < 4.78 is 0. The van der Waals surface area contributed by atoms with E-state index in [2.05, 4.69) is 10.9 Å². The highest BCUT2D eigenvalue weighted by molar-refractivity contribution is 5.80. The van der Waals surface area contributed by atoms with Crippen LogP contribution >= 0.6 is 0 Å². The average molecular weight is 239 g/mol. The van der Waals surface area contributed by atoms with Crippen LogP contribution in [0.2, 0.25) is 0 Å². The summed E-state index contributed by atoms with van der Waals surface area (Å²) in [5, 5.41) is 18.6. The number of hydrazine groups is 1. The van der Waals surface area contributed by atoms with Crippen LogP contribution in [0.15, 0.2) is 18.2 Å². The second-order valence-corrected chi connectivity index (χ2v) is 3.67. The van der Waals surface area contributed by atoms with Gasteiger partial charge in [-0.25, -0.2) is 5.43 Å². The highest BCUT2D eigenvalue weighted by Crippen LogP contribution is 2.21. The summed E-state index contributed by atoms with van der Waals surface area (Å²) in [6.45, 7) is 2.06. The molecule has 6 N–H and O–H groups in total. The molecule has 1 unspecified atom stereocenters. The lowest BCUT2D eigenvalue weighted by Crippen LogP contribution is -2.46. The van der Waals surface area contributed by atoms with Crippen LogP contribution in [0, 0.1) is 0 Å². The van der Waals surface area contributed by atoms with Crippen LogP contribution in [0.3, 0.4) is 0 Å². The van der Waals surface area contributed by atoms with E-state index in [9.17, 15) is 9.90 Å². The normalized spacial score (nSPS) is 12.1. The summed E-state index contributed by atoms with van der Waals surface area (Å²) >= 11 is 0. The Morgan fingerprint density at radius 1 is 1.47 bits per heavy atom. The van der Waals surface area contributed by atoms with Gasteiger partial charge in [0.05, 0.1) is 6.04 Å². The lowest BCUT2D eigenvalue weighted by molar-refractivity contribution is -0.123. The third kappa shape index (κ3) is 3.93. The van der Waals surface area contributed by atoms with Crippen molar-refractivity contribution in [2.45, 2.75) is 25.9 Å². The number of nitrogens with one attached hydrogen (secondary N) is 2. The van der Waals surface area contributed by atoms with Crippen LogP contribution in [-0.2, 0) is 11.3 Å². The monoisotopic (exact) mass is 239 g/mol. The van der Waals surface area contributed by atoms with Crippen molar-refractivity contribution in [3.8, 4) is 11.5 Å². The highest BCUT2D eigenvalue weighted by atomic mass is 16.3. The first kappa shape index (κ1) is 13.3.